The molecule has 1 unspecified atom stereocenters. The number of carbonyl (C=O) groups is 2. The Hall–Kier alpha value is -4.41. The molecule has 9 nitrogen and oxygen atoms in total. The number of nitrogens with one attached hydrogen (secondary N) is 1. The first-order chi connectivity index (χ1) is 16.3. The van der Waals surface area contributed by atoms with Gasteiger partial charge < -0.3 is 25.0 Å². The molecule has 0 bridgehead atoms. The summed E-state index contributed by atoms with van der Waals surface area (Å²) in [6.45, 7) is -0.152. The molecule has 176 valence electrons. The van der Waals surface area contributed by atoms with Gasteiger partial charge in [-0.3, -0.25) is 9.59 Å². The van der Waals surface area contributed by atoms with Gasteiger partial charge in [0, 0.05) is 18.6 Å². The second-order valence-electron chi connectivity index (χ2n) is 7.58. The molecule has 2 aromatic carbocycles. The van der Waals surface area contributed by atoms with Gasteiger partial charge in [-0.2, -0.15) is 9.78 Å². The fourth-order valence-corrected chi connectivity index (χ4v) is 3.68. The molecule has 0 saturated heterocycles. The number of hydrogen-bond acceptors (Lipinski definition) is 6. The third kappa shape index (κ3) is 4.68. The van der Waals surface area contributed by atoms with Crippen LogP contribution in [-0.4, -0.2) is 44.2 Å². The van der Waals surface area contributed by atoms with Crippen LogP contribution >= 0.6 is 0 Å². The molecule has 1 aromatic heterocycles. The fourth-order valence-electron chi connectivity index (χ4n) is 3.68. The molecule has 1 aliphatic heterocycles. The Bertz CT molecular complexity index is 1260. The molecule has 1 atom stereocenters. The molecular weight excluding hydrogens is 452 g/mol. The number of ether oxygens (including phenoxy) is 2. The maximum absolute atomic E-state index is 14.2. The topological polar surface area (TPSA) is 123 Å². The standard InChI is InChI=1S/C23H19F2N3O6/c24-15-6-7-18(16(25)8-15)28-20(29)9-17(27-28)22(32)26-23(11-21(30)31,19-12-33-13-34-19)10-14-4-2-1-3-5-14/h1-9,12,29H,10-11,13H2,(H,26,32)(H,30,31). The van der Waals surface area contributed by atoms with Crippen LogP contribution in [-0.2, 0) is 20.7 Å². The van der Waals surface area contributed by atoms with Gasteiger partial charge in [0.25, 0.3) is 5.91 Å². The molecule has 3 aromatic rings. The van der Waals surface area contributed by atoms with E-state index in [1.807, 2.05) is 0 Å². The Labute approximate surface area is 191 Å². The quantitative estimate of drug-likeness (QED) is 0.462. The lowest BCUT2D eigenvalue weighted by molar-refractivity contribution is -0.138. The van der Waals surface area contributed by atoms with Gasteiger partial charge in [-0.05, 0) is 17.7 Å². The van der Waals surface area contributed by atoms with E-state index in [1.165, 1.54) is 6.26 Å². The highest BCUT2D eigenvalue weighted by Gasteiger charge is 2.43. The highest BCUT2D eigenvalue weighted by molar-refractivity contribution is 5.94. The summed E-state index contributed by atoms with van der Waals surface area (Å²) in [4.78, 5) is 24.9. The van der Waals surface area contributed by atoms with Crippen LogP contribution in [0.1, 0.15) is 22.5 Å². The van der Waals surface area contributed by atoms with Crippen LogP contribution < -0.4 is 5.32 Å². The molecule has 0 aliphatic carbocycles. The second kappa shape index (κ2) is 9.22. The monoisotopic (exact) mass is 471 g/mol. The number of aromatic hydroxyl groups is 1. The number of hydrogen-bond donors (Lipinski definition) is 3. The summed E-state index contributed by atoms with van der Waals surface area (Å²) >= 11 is 0. The molecule has 0 spiro atoms. The van der Waals surface area contributed by atoms with Gasteiger partial charge in [-0.1, -0.05) is 30.3 Å². The van der Waals surface area contributed by atoms with Crippen LogP contribution in [0.25, 0.3) is 5.69 Å². The Morgan fingerprint density at radius 3 is 2.56 bits per heavy atom. The van der Waals surface area contributed by atoms with Crippen molar-refractivity contribution in [2.75, 3.05) is 6.79 Å². The van der Waals surface area contributed by atoms with Crippen molar-refractivity contribution in [1.29, 1.82) is 0 Å². The molecule has 4 rings (SSSR count). The number of rotatable bonds is 8. The van der Waals surface area contributed by atoms with E-state index in [4.69, 9.17) is 9.47 Å². The molecule has 0 radical (unpaired) electrons. The SMILES string of the molecule is O=C(O)CC(Cc1ccccc1)(NC(=O)c1cc(O)n(-c2ccc(F)cc2F)n1)C1=COCO1. The molecule has 2 heterocycles. The Morgan fingerprint density at radius 1 is 1.15 bits per heavy atom. The third-order valence-electron chi connectivity index (χ3n) is 5.16. The summed E-state index contributed by atoms with van der Waals surface area (Å²) in [6.07, 6.45) is 0.721. The number of carbonyl (C=O) groups excluding carboxylic acids is 1. The van der Waals surface area contributed by atoms with E-state index in [2.05, 4.69) is 10.4 Å². The molecule has 1 aliphatic rings. The van der Waals surface area contributed by atoms with Gasteiger partial charge in [0.1, 0.15) is 23.3 Å². The number of carboxylic acid groups (broad SMARTS) is 1. The van der Waals surface area contributed by atoms with Crippen LogP contribution in [0.2, 0.25) is 0 Å². The van der Waals surface area contributed by atoms with E-state index < -0.39 is 41.4 Å². The van der Waals surface area contributed by atoms with Crippen molar-refractivity contribution in [2.24, 2.45) is 0 Å². The normalized spacial score (nSPS) is 14.5. The number of halogens is 2. The smallest absolute Gasteiger partial charge is 0.306 e. The van der Waals surface area contributed by atoms with Gasteiger partial charge in [-0.25, -0.2) is 8.78 Å². The molecule has 3 N–H and O–H groups in total. The molecule has 11 heteroatoms. The zero-order chi connectivity index (χ0) is 24.3. The third-order valence-corrected chi connectivity index (χ3v) is 5.16. The minimum atomic E-state index is -1.55. The zero-order valence-corrected chi connectivity index (χ0v) is 17.6. The van der Waals surface area contributed by atoms with E-state index in [1.54, 1.807) is 30.3 Å². The Balaban J connectivity index is 1.70. The van der Waals surface area contributed by atoms with E-state index in [-0.39, 0.29) is 30.4 Å². The van der Waals surface area contributed by atoms with Crippen molar-refractivity contribution in [1.82, 2.24) is 15.1 Å². The number of amides is 1. The fraction of sp³-hybridized carbons (Fsp3) is 0.174. The van der Waals surface area contributed by atoms with Crippen molar-refractivity contribution in [2.45, 2.75) is 18.4 Å². The number of benzene rings is 2. The van der Waals surface area contributed by atoms with Crippen LogP contribution in [0.3, 0.4) is 0 Å². The van der Waals surface area contributed by atoms with Crippen LogP contribution in [0, 0.1) is 11.6 Å². The zero-order valence-electron chi connectivity index (χ0n) is 17.6. The van der Waals surface area contributed by atoms with Crippen molar-refractivity contribution in [3.05, 3.63) is 89.5 Å². The molecule has 0 fully saturated rings. The first-order valence-corrected chi connectivity index (χ1v) is 10.1. The summed E-state index contributed by atoms with van der Waals surface area (Å²) in [6, 6.07) is 12.5. The summed E-state index contributed by atoms with van der Waals surface area (Å²) in [5.74, 6) is -4.38. The minimum Gasteiger partial charge on any atom is -0.493 e. The number of aromatic nitrogens is 2. The van der Waals surface area contributed by atoms with Gasteiger partial charge in [0.2, 0.25) is 12.7 Å². The molecule has 34 heavy (non-hydrogen) atoms. The first-order valence-electron chi connectivity index (χ1n) is 10.1. The number of carboxylic acids is 1. The van der Waals surface area contributed by atoms with Gasteiger partial charge >= 0.3 is 5.97 Å². The number of aliphatic carboxylic acids is 1. The van der Waals surface area contributed by atoms with E-state index in [0.29, 0.717) is 11.6 Å². The van der Waals surface area contributed by atoms with Crippen LogP contribution in [0.15, 0.2) is 66.6 Å². The van der Waals surface area contributed by atoms with Crippen molar-refractivity contribution in [3.63, 3.8) is 0 Å². The van der Waals surface area contributed by atoms with Gasteiger partial charge in [0.15, 0.2) is 17.3 Å². The average molecular weight is 471 g/mol. The lowest BCUT2D eigenvalue weighted by Gasteiger charge is -2.33. The number of nitrogens with zero attached hydrogens (tertiary/aromatic N) is 2. The maximum atomic E-state index is 14.2. The van der Waals surface area contributed by atoms with E-state index in [9.17, 15) is 28.6 Å². The van der Waals surface area contributed by atoms with Crippen LogP contribution in [0.4, 0.5) is 8.78 Å². The van der Waals surface area contributed by atoms with E-state index >= 15 is 0 Å². The van der Waals surface area contributed by atoms with E-state index in [0.717, 1.165) is 22.9 Å². The van der Waals surface area contributed by atoms with Gasteiger partial charge in [0.05, 0.1) is 6.42 Å². The van der Waals surface area contributed by atoms with Crippen molar-refractivity contribution < 1.29 is 38.1 Å². The molecule has 0 saturated carbocycles. The lowest BCUT2D eigenvalue weighted by Crippen LogP contribution is -2.53. The average Bonchev–Trinajstić information content (AvgIpc) is 3.45. The lowest BCUT2D eigenvalue weighted by atomic mass is 9.85. The Kier molecular flexibility index (Phi) is 6.17. The summed E-state index contributed by atoms with van der Waals surface area (Å²) in [7, 11) is 0. The maximum Gasteiger partial charge on any atom is 0.306 e. The Morgan fingerprint density at radius 2 is 1.91 bits per heavy atom. The van der Waals surface area contributed by atoms with Gasteiger partial charge in [-0.15, -0.1) is 0 Å². The molecule has 1 amide bonds. The highest BCUT2D eigenvalue weighted by atomic mass is 19.1. The predicted octanol–water partition coefficient (Wildman–Crippen LogP) is 2.89. The molecular formula is C23H19F2N3O6. The van der Waals surface area contributed by atoms with Crippen molar-refractivity contribution in [3.8, 4) is 11.6 Å². The largest absolute Gasteiger partial charge is 0.493 e. The minimum absolute atomic E-state index is 0.0420. The first kappa shape index (κ1) is 22.8. The van der Waals surface area contributed by atoms with Crippen LogP contribution in [0.5, 0.6) is 5.88 Å². The summed E-state index contributed by atoms with van der Waals surface area (Å²) in [5, 5.41) is 26.4. The highest BCUT2D eigenvalue weighted by Crippen LogP contribution is 2.31. The summed E-state index contributed by atoms with van der Waals surface area (Å²) in [5.41, 5.74) is -1.46. The van der Waals surface area contributed by atoms with Crippen molar-refractivity contribution >= 4 is 11.9 Å². The summed E-state index contributed by atoms with van der Waals surface area (Å²) < 4.78 is 38.7. The second-order valence-corrected chi connectivity index (χ2v) is 7.58. The predicted molar refractivity (Wildman–Crippen MR) is 113 cm³/mol.